The molecule has 0 unspecified atom stereocenters. The van der Waals surface area contributed by atoms with Crippen molar-refractivity contribution in [2.24, 2.45) is 11.3 Å². The summed E-state index contributed by atoms with van der Waals surface area (Å²) in [5.74, 6) is 2.04. The van der Waals surface area contributed by atoms with E-state index in [9.17, 15) is 0 Å². The van der Waals surface area contributed by atoms with E-state index in [-0.39, 0.29) is 0 Å². The smallest absolute Gasteiger partial charge is 0.00926 e. The lowest BCUT2D eigenvalue weighted by molar-refractivity contribution is 0.105. The number of nitrogens with zero attached hydrogens (tertiary/aromatic N) is 1. The molecule has 0 saturated heterocycles. The number of thiol groups is 1. The fourth-order valence-electron chi connectivity index (χ4n) is 4.19. The lowest BCUT2D eigenvalue weighted by Crippen LogP contribution is -2.43. The Morgan fingerprint density at radius 3 is 2.11 bits per heavy atom. The van der Waals surface area contributed by atoms with E-state index in [1.165, 1.54) is 70.8 Å². The molecule has 0 spiro atoms. The van der Waals surface area contributed by atoms with Gasteiger partial charge in [0.15, 0.2) is 0 Å². The molecule has 0 N–H and O–H groups in total. The molecule has 0 atom stereocenters. The molecule has 0 aromatic carbocycles. The Bertz CT molecular complexity index is 250. The molecular weight excluding hydrogens is 250 g/mol. The van der Waals surface area contributed by atoms with Gasteiger partial charge in [0.25, 0.3) is 0 Å². The third-order valence-electron chi connectivity index (χ3n) is 5.69. The van der Waals surface area contributed by atoms with Gasteiger partial charge >= 0.3 is 0 Å². The van der Waals surface area contributed by atoms with Crippen LogP contribution < -0.4 is 0 Å². The SMILES string of the molecule is CC1CCC(N(C)CC2(CS)CCCCCC2)CC1. The van der Waals surface area contributed by atoms with Gasteiger partial charge in [0.05, 0.1) is 0 Å². The zero-order chi connectivity index (χ0) is 13.7. The first kappa shape index (κ1) is 15.7. The van der Waals surface area contributed by atoms with Crippen LogP contribution in [0.1, 0.15) is 71.1 Å². The molecule has 0 amide bonds. The summed E-state index contributed by atoms with van der Waals surface area (Å²) in [7, 11) is 2.37. The van der Waals surface area contributed by atoms with Gasteiger partial charge in [-0.15, -0.1) is 0 Å². The highest BCUT2D eigenvalue weighted by molar-refractivity contribution is 7.80. The van der Waals surface area contributed by atoms with Gasteiger partial charge in [-0.2, -0.15) is 12.6 Å². The Labute approximate surface area is 125 Å². The van der Waals surface area contributed by atoms with Crippen LogP contribution in [-0.2, 0) is 0 Å². The maximum atomic E-state index is 4.72. The fraction of sp³-hybridized carbons (Fsp3) is 1.00. The predicted molar refractivity (Wildman–Crippen MR) is 88.0 cm³/mol. The van der Waals surface area contributed by atoms with Crippen molar-refractivity contribution < 1.29 is 0 Å². The first-order valence-corrected chi connectivity index (χ1v) is 9.09. The number of hydrogen-bond acceptors (Lipinski definition) is 2. The van der Waals surface area contributed by atoms with Crippen LogP contribution >= 0.6 is 12.6 Å². The van der Waals surface area contributed by atoms with Crippen molar-refractivity contribution in [3.63, 3.8) is 0 Å². The minimum Gasteiger partial charge on any atom is -0.303 e. The molecule has 2 aliphatic rings. The van der Waals surface area contributed by atoms with Gasteiger partial charge in [-0.25, -0.2) is 0 Å². The van der Waals surface area contributed by atoms with Gasteiger partial charge in [0.2, 0.25) is 0 Å². The lowest BCUT2D eigenvalue weighted by atomic mass is 9.80. The summed E-state index contributed by atoms with van der Waals surface area (Å²) in [6.07, 6.45) is 14.3. The second-order valence-corrected chi connectivity index (χ2v) is 7.72. The largest absolute Gasteiger partial charge is 0.303 e. The normalized spacial score (nSPS) is 32.2. The van der Waals surface area contributed by atoms with E-state index in [0.717, 1.165) is 17.7 Å². The van der Waals surface area contributed by atoms with Gasteiger partial charge in [-0.3, -0.25) is 0 Å². The molecule has 0 radical (unpaired) electrons. The van der Waals surface area contributed by atoms with Crippen LogP contribution in [0, 0.1) is 11.3 Å². The van der Waals surface area contributed by atoms with Crippen molar-refractivity contribution >= 4 is 12.6 Å². The first-order chi connectivity index (χ1) is 9.15. The second kappa shape index (κ2) is 7.36. The monoisotopic (exact) mass is 283 g/mol. The third-order valence-corrected chi connectivity index (χ3v) is 6.36. The molecule has 2 saturated carbocycles. The summed E-state index contributed by atoms with van der Waals surface area (Å²) in [5, 5.41) is 0. The molecule has 2 heteroatoms. The molecule has 0 aromatic rings. The van der Waals surface area contributed by atoms with Crippen LogP contribution in [-0.4, -0.2) is 30.3 Å². The van der Waals surface area contributed by atoms with Crippen LogP contribution in [0.3, 0.4) is 0 Å². The Kier molecular flexibility index (Phi) is 6.08. The molecule has 112 valence electrons. The molecule has 0 bridgehead atoms. The lowest BCUT2D eigenvalue weighted by Gasteiger charge is -2.41. The fourth-order valence-corrected chi connectivity index (χ4v) is 4.60. The minimum absolute atomic E-state index is 0.511. The standard InChI is InChI=1S/C17H33NS/c1-15-7-9-16(10-8-15)18(2)13-17(14-19)11-5-3-4-6-12-17/h15-16,19H,3-14H2,1-2H3. The van der Waals surface area contributed by atoms with Gasteiger partial charge < -0.3 is 4.90 Å². The Morgan fingerprint density at radius 1 is 1.00 bits per heavy atom. The summed E-state index contributed by atoms with van der Waals surface area (Å²) in [6.45, 7) is 3.70. The van der Waals surface area contributed by atoms with Crippen LogP contribution in [0.15, 0.2) is 0 Å². The highest BCUT2D eigenvalue weighted by Gasteiger charge is 2.33. The molecular formula is C17H33NS. The summed E-state index contributed by atoms with van der Waals surface area (Å²) in [6, 6.07) is 0.844. The maximum absolute atomic E-state index is 4.72. The average Bonchev–Trinajstić information content (AvgIpc) is 2.65. The summed E-state index contributed by atoms with van der Waals surface area (Å²) < 4.78 is 0. The molecule has 19 heavy (non-hydrogen) atoms. The van der Waals surface area contributed by atoms with Crippen molar-refractivity contribution in [3.05, 3.63) is 0 Å². The molecule has 2 aliphatic carbocycles. The van der Waals surface area contributed by atoms with Gasteiger partial charge in [-0.05, 0) is 62.7 Å². The highest BCUT2D eigenvalue weighted by atomic mass is 32.1. The van der Waals surface area contributed by atoms with Crippen molar-refractivity contribution in [2.75, 3.05) is 19.3 Å². The summed E-state index contributed by atoms with van der Waals surface area (Å²) in [5.41, 5.74) is 0.511. The zero-order valence-electron chi connectivity index (χ0n) is 13.0. The van der Waals surface area contributed by atoms with Crippen molar-refractivity contribution in [1.29, 1.82) is 0 Å². The highest BCUT2D eigenvalue weighted by Crippen LogP contribution is 2.38. The van der Waals surface area contributed by atoms with E-state index in [1.54, 1.807) is 0 Å². The zero-order valence-corrected chi connectivity index (χ0v) is 13.9. The van der Waals surface area contributed by atoms with Crippen molar-refractivity contribution in [2.45, 2.75) is 77.2 Å². The first-order valence-electron chi connectivity index (χ1n) is 8.46. The Balaban J connectivity index is 1.89. The minimum atomic E-state index is 0.511. The maximum Gasteiger partial charge on any atom is 0.00926 e. The molecule has 2 rings (SSSR count). The van der Waals surface area contributed by atoms with E-state index in [4.69, 9.17) is 12.6 Å². The van der Waals surface area contributed by atoms with Gasteiger partial charge in [0, 0.05) is 12.6 Å². The van der Waals surface area contributed by atoms with Crippen LogP contribution in [0.2, 0.25) is 0 Å². The summed E-state index contributed by atoms with van der Waals surface area (Å²) in [4.78, 5) is 2.69. The Hall–Kier alpha value is 0.310. The topological polar surface area (TPSA) is 3.24 Å². The molecule has 0 aliphatic heterocycles. The molecule has 0 heterocycles. The summed E-state index contributed by atoms with van der Waals surface area (Å²) >= 11 is 4.72. The van der Waals surface area contributed by atoms with E-state index in [2.05, 4.69) is 18.9 Å². The van der Waals surface area contributed by atoms with E-state index < -0.39 is 0 Å². The molecule has 0 aromatic heterocycles. The van der Waals surface area contributed by atoms with Crippen molar-refractivity contribution in [1.82, 2.24) is 4.90 Å². The second-order valence-electron chi connectivity index (χ2n) is 7.40. The Morgan fingerprint density at radius 2 is 1.58 bits per heavy atom. The van der Waals surface area contributed by atoms with E-state index >= 15 is 0 Å². The number of rotatable bonds is 4. The van der Waals surface area contributed by atoms with Crippen LogP contribution in [0.25, 0.3) is 0 Å². The van der Waals surface area contributed by atoms with Gasteiger partial charge in [-0.1, -0.05) is 32.6 Å². The average molecular weight is 284 g/mol. The molecule has 1 nitrogen and oxygen atoms in total. The number of hydrogen-bond donors (Lipinski definition) is 1. The molecule has 2 fully saturated rings. The third kappa shape index (κ3) is 4.39. The van der Waals surface area contributed by atoms with Crippen molar-refractivity contribution in [3.8, 4) is 0 Å². The van der Waals surface area contributed by atoms with E-state index in [0.29, 0.717) is 5.41 Å². The van der Waals surface area contributed by atoms with Crippen LogP contribution in [0.5, 0.6) is 0 Å². The van der Waals surface area contributed by atoms with Gasteiger partial charge in [0.1, 0.15) is 0 Å². The van der Waals surface area contributed by atoms with E-state index in [1.807, 2.05) is 0 Å². The van der Waals surface area contributed by atoms with Crippen LogP contribution in [0.4, 0.5) is 0 Å². The predicted octanol–water partition coefficient (Wildman–Crippen LogP) is 4.77. The quantitative estimate of drug-likeness (QED) is 0.575.